The summed E-state index contributed by atoms with van der Waals surface area (Å²) in [6.45, 7) is 1.87. The maximum Gasteiger partial charge on any atom is 0.183 e. The Morgan fingerprint density at radius 3 is 2.89 bits per heavy atom. The van der Waals surface area contributed by atoms with Gasteiger partial charge in [0, 0.05) is 5.56 Å². The monoisotopic (exact) mass is 281 g/mol. The lowest BCUT2D eigenvalue weighted by atomic mass is 9.91. The van der Waals surface area contributed by atoms with Crippen molar-refractivity contribution in [1.29, 1.82) is 5.26 Å². The van der Waals surface area contributed by atoms with Crippen LogP contribution in [0.1, 0.15) is 31.2 Å². The molecule has 1 aromatic rings. The first kappa shape index (κ1) is 14.0. The predicted octanol–water partition coefficient (Wildman–Crippen LogP) is 3.22. The van der Waals surface area contributed by atoms with Gasteiger partial charge in [-0.1, -0.05) is 23.7 Å². The number of rotatable bonds is 3. The fourth-order valence-corrected chi connectivity index (χ4v) is 2.41. The SMILES string of the molecule is CC1CCC(C(=O)C(C#N)c2cccc(Cl)c2F)O1. The van der Waals surface area contributed by atoms with E-state index in [9.17, 15) is 9.18 Å². The van der Waals surface area contributed by atoms with Crippen molar-refractivity contribution in [3.05, 3.63) is 34.6 Å². The zero-order valence-electron chi connectivity index (χ0n) is 10.4. The second-order valence-corrected chi connectivity index (χ2v) is 5.03. The normalized spacial score (nSPS) is 23.9. The van der Waals surface area contributed by atoms with Crippen molar-refractivity contribution >= 4 is 17.4 Å². The third-order valence-corrected chi connectivity index (χ3v) is 3.55. The van der Waals surface area contributed by atoms with Gasteiger partial charge in [-0.15, -0.1) is 0 Å². The van der Waals surface area contributed by atoms with Crippen molar-refractivity contribution < 1.29 is 13.9 Å². The number of carbonyl (C=O) groups excluding carboxylic acids is 1. The smallest absolute Gasteiger partial charge is 0.183 e. The van der Waals surface area contributed by atoms with Gasteiger partial charge in [0.2, 0.25) is 0 Å². The number of nitrogens with zero attached hydrogens (tertiary/aromatic N) is 1. The Labute approximate surface area is 115 Å². The van der Waals surface area contributed by atoms with Crippen LogP contribution in [0.4, 0.5) is 4.39 Å². The first-order valence-corrected chi connectivity index (χ1v) is 6.45. The number of ether oxygens (including phenoxy) is 1. The number of hydrogen-bond acceptors (Lipinski definition) is 3. The number of ketones is 1. The molecule has 1 saturated heterocycles. The lowest BCUT2D eigenvalue weighted by Crippen LogP contribution is -2.27. The largest absolute Gasteiger partial charge is 0.367 e. The molecule has 1 fully saturated rings. The second-order valence-electron chi connectivity index (χ2n) is 4.62. The maximum absolute atomic E-state index is 13.9. The molecule has 3 unspecified atom stereocenters. The zero-order chi connectivity index (χ0) is 14.0. The summed E-state index contributed by atoms with van der Waals surface area (Å²) < 4.78 is 19.3. The van der Waals surface area contributed by atoms with Gasteiger partial charge in [0.05, 0.1) is 17.2 Å². The van der Waals surface area contributed by atoms with Crippen LogP contribution in [-0.2, 0) is 9.53 Å². The van der Waals surface area contributed by atoms with E-state index in [0.29, 0.717) is 6.42 Å². The lowest BCUT2D eigenvalue weighted by molar-refractivity contribution is -0.129. The van der Waals surface area contributed by atoms with Crippen molar-refractivity contribution in [3.63, 3.8) is 0 Å². The summed E-state index contributed by atoms with van der Waals surface area (Å²) in [4.78, 5) is 12.2. The first-order chi connectivity index (χ1) is 9.04. The summed E-state index contributed by atoms with van der Waals surface area (Å²) in [6.07, 6.45) is 0.711. The molecular weight excluding hydrogens is 269 g/mol. The summed E-state index contributed by atoms with van der Waals surface area (Å²) in [5, 5.41) is 9.06. The molecule has 3 nitrogen and oxygen atoms in total. The van der Waals surface area contributed by atoms with Gasteiger partial charge in [-0.2, -0.15) is 5.26 Å². The van der Waals surface area contributed by atoms with E-state index in [1.54, 1.807) is 0 Å². The summed E-state index contributed by atoms with van der Waals surface area (Å²) in [5.41, 5.74) is 0.0168. The van der Waals surface area contributed by atoms with Crippen molar-refractivity contribution in [1.82, 2.24) is 0 Å². The molecule has 0 aromatic heterocycles. The van der Waals surface area contributed by atoms with Crippen LogP contribution in [0.2, 0.25) is 5.02 Å². The maximum atomic E-state index is 13.9. The molecule has 1 aromatic carbocycles. The van der Waals surface area contributed by atoms with Gasteiger partial charge < -0.3 is 4.74 Å². The van der Waals surface area contributed by atoms with E-state index in [0.717, 1.165) is 6.42 Å². The topological polar surface area (TPSA) is 50.1 Å². The minimum Gasteiger partial charge on any atom is -0.367 e. The van der Waals surface area contributed by atoms with E-state index in [4.69, 9.17) is 21.6 Å². The second kappa shape index (κ2) is 5.68. The van der Waals surface area contributed by atoms with Crippen LogP contribution in [0.25, 0.3) is 0 Å². The molecule has 0 spiro atoms. The van der Waals surface area contributed by atoms with Crippen LogP contribution in [0.15, 0.2) is 18.2 Å². The molecule has 2 rings (SSSR count). The molecule has 0 bridgehead atoms. The fraction of sp³-hybridized carbons (Fsp3) is 0.429. The Balaban J connectivity index is 2.28. The van der Waals surface area contributed by atoms with E-state index in [2.05, 4.69) is 0 Å². The van der Waals surface area contributed by atoms with Crippen molar-refractivity contribution in [2.45, 2.75) is 37.9 Å². The summed E-state index contributed by atoms with van der Waals surface area (Å²) in [5.74, 6) is -2.28. The zero-order valence-corrected chi connectivity index (χ0v) is 11.2. The Kier molecular flexibility index (Phi) is 4.18. The molecule has 19 heavy (non-hydrogen) atoms. The Hall–Kier alpha value is -1.44. The highest BCUT2D eigenvalue weighted by Crippen LogP contribution is 2.29. The molecule has 100 valence electrons. The standard InChI is InChI=1S/C14H13ClFNO2/c1-8-5-6-12(19-8)14(18)10(7-17)9-3-2-4-11(15)13(9)16/h2-4,8,10,12H,5-6H2,1H3. The van der Waals surface area contributed by atoms with Crippen molar-refractivity contribution in [3.8, 4) is 6.07 Å². The van der Waals surface area contributed by atoms with Crippen LogP contribution in [0.5, 0.6) is 0 Å². The van der Waals surface area contributed by atoms with Gasteiger partial charge in [-0.3, -0.25) is 4.79 Å². The van der Waals surface area contributed by atoms with Gasteiger partial charge in [-0.25, -0.2) is 4.39 Å². The summed E-state index contributed by atoms with van der Waals surface area (Å²) in [6, 6.07) is 6.16. The third kappa shape index (κ3) is 2.78. The third-order valence-electron chi connectivity index (χ3n) is 3.26. The van der Waals surface area contributed by atoms with Gasteiger partial charge in [0.15, 0.2) is 5.78 Å². The van der Waals surface area contributed by atoms with E-state index < -0.39 is 23.6 Å². The Morgan fingerprint density at radius 2 is 2.32 bits per heavy atom. The van der Waals surface area contributed by atoms with Crippen LogP contribution in [0, 0.1) is 17.1 Å². The average Bonchev–Trinajstić information content (AvgIpc) is 2.82. The van der Waals surface area contributed by atoms with Crippen molar-refractivity contribution in [2.75, 3.05) is 0 Å². The highest BCUT2D eigenvalue weighted by atomic mass is 35.5. The van der Waals surface area contributed by atoms with Gasteiger partial charge >= 0.3 is 0 Å². The molecule has 3 atom stereocenters. The quantitative estimate of drug-likeness (QED) is 0.855. The van der Waals surface area contributed by atoms with E-state index in [1.807, 2.05) is 13.0 Å². The molecular formula is C14H13ClFNO2. The number of carbonyl (C=O) groups is 1. The molecule has 0 amide bonds. The molecule has 0 radical (unpaired) electrons. The van der Waals surface area contributed by atoms with E-state index >= 15 is 0 Å². The number of nitriles is 1. The van der Waals surface area contributed by atoms with Crippen LogP contribution >= 0.6 is 11.6 Å². The predicted molar refractivity (Wildman–Crippen MR) is 68.3 cm³/mol. The number of halogens is 2. The Morgan fingerprint density at radius 1 is 1.58 bits per heavy atom. The number of Topliss-reactive ketones (excluding diaryl/α,β-unsaturated/α-hetero) is 1. The number of benzene rings is 1. The van der Waals surface area contributed by atoms with Crippen LogP contribution in [0.3, 0.4) is 0 Å². The average molecular weight is 282 g/mol. The minimum absolute atomic E-state index is 0.00231. The van der Waals surface area contributed by atoms with Crippen LogP contribution < -0.4 is 0 Å². The summed E-state index contributed by atoms with van der Waals surface area (Å²) in [7, 11) is 0. The van der Waals surface area contributed by atoms with Gasteiger partial charge in [-0.05, 0) is 25.8 Å². The highest BCUT2D eigenvalue weighted by Gasteiger charge is 2.35. The Bertz CT molecular complexity index is 541. The molecule has 1 heterocycles. The van der Waals surface area contributed by atoms with Crippen molar-refractivity contribution in [2.24, 2.45) is 0 Å². The molecule has 1 aliphatic rings. The molecule has 0 aliphatic carbocycles. The van der Waals surface area contributed by atoms with Gasteiger partial charge in [0.25, 0.3) is 0 Å². The first-order valence-electron chi connectivity index (χ1n) is 6.07. The van der Waals surface area contributed by atoms with Gasteiger partial charge in [0.1, 0.15) is 17.8 Å². The summed E-state index contributed by atoms with van der Waals surface area (Å²) >= 11 is 5.68. The molecule has 0 N–H and O–H groups in total. The van der Waals surface area contributed by atoms with E-state index in [1.165, 1.54) is 18.2 Å². The highest BCUT2D eigenvalue weighted by molar-refractivity contribution is 6.30. The fourth-order valence-electron chi connectivity index (χ4n) is 2.23. The van der Waals surface area contributed by atoms with E-state index in [-0.39, 0.29) is 16.7 Å². The lowest BCUT2D eigenvalue weighted by Gasteiger charge is -2.15. The number of hydrogen-bond donors (Lipinski definition) is 0. The molecule has 0 saturated carbocycles. The van der Waals surface area contributed by atoms with Crippen LogP contribution in [-0.4, -0.2) is 18.0 Å². The minimum atomic E-state index is -1.17. The molecule has 5 heteroatoms. The molecule has 1 aliphatic heterocycles.